The molecule has 0 aliphatic heterocycles. The van der Waals surface area contributed by atoms with E-state index in [4.69, 9.17) is 9.15 Å². The quantitative estimate of drug-likeness (QED) is 0.414. The van der Waals surface area contributed by atoms with Crippen LogP contribution >= 0.6 is 0 Å². The fraction of sp³-hybridized carbons (Fsp3) is 0.118. The monoisotopic (exact) mass is 329 g/mol. The second kappa shape index (κ2) is 6.11. The van der Waals surface area contributed by atoms with E-state index in [1.54, 1.807) is 12.1 Å². The number of hydrogen-bond donors (Lipinski definition) is 0. The third kappa shape index (κ3) is 3.10. The summed E-state index contributed by atoms with van der Waals surface area (Å²) in [4.78, 5) is 21.6. The van der Waals surface area contributed by atoms with Crippen molar-refractivity contribution in [1.82, 2.24) is 0 Å². The highest BCUT2D eigenvalue weighted by Crippen LogP contribution is 2.25. The molecule has 3 rings (SSSR count). The predicted octanol–water partition coefficient (Wildman–Crippen LogP) is 3.73. The van der Waals surface area contributed by atoms with Crippen LogP contribution in [0.2, 0.25) is 0 Å². The molecular weight excluding hydrogens is 317 g/mol. The topological polar surface area (TPSA) is 82.6 Å². The average Bonchev–Trinajstić information content (AvgIpc) is 2.52. The first-order valence-corrected chi connectivity index (χ1v) is 7.04. The van der Waals surface area contributed by atoms with Gasteiger partial charge in [0.1, 0.15) is 12.2 Å². The fourth-order valence-electron chi connectivity index (χ4n) is 2.33. The summed E-state index contributed by atoms with van der Waals surface area (Å²) in [6, 6.07) is 9.78. The standard InChI is InChI=1S/C17H12FNO5/c1-10-2-4-13-11(7-17(20)24-16(13)6-10)9-23-15-5-3-12(19(21)22)8-14(15)18/h2-8H,9H2,1H3. The van der Waals surface area contributed by atoms with E-state index in [2.05, 4.69) is 0 Å². The summed E-state index contributed by atoms with van der Waals surface area (Å²) in [6.07, 6.45) is 0. The molecule has 0 unspecified atom stereocenters. The van der Waals surface area contributed by atoms with E-state index >= 15 is 0 Å². The number of aryl methyl sites for hydroxylation is 1. The molecule has 3 aromatic rings. The van der Waals surface area contributed by atoms with E-state index in [-0.39, 0.29) is 18.0 Å². The summed E-state index contributed by atoms with van der Waals surface area (Å²) in [7, 11) is 0. The smallest absolute Gasteiger partial charge is 0.336 e. The van der Waals surface area contributed by atoms with Gasteiger partial charge in [-0.2, -0.15) is 0 Å². The Morgan fingerprint density at radius 3 is 2.71 bits per heavy atom. The summed E-state index contributed by atoms with van der Waals surface area (Å²) >= 11 is 0. The maximum atomic E-state index is 13.8. The minimum absolute atomic E-state index is 0.0696. The van der Waals surface area contributed by atoms with E-state index in [0.717, 1.165) is 17.7 Å². The van der Waals surface area contributed by atoms with Crippen LogP contribution < -0.4 is 10.4 Å². The summed E-state index contributed by atoms with van der Waals surface area (Å²) < 4.78 is 24.4. The van der Waals surface area contributed by atoms with Crippen molar-refractivity contribution in [2.24, 2.45) is 0 Å². The summed E-state index contributed by atoms with van der Waals surface area (Å²) in [6.45, 7) is 1.80. The molecule has 1 heterocycles. The highest BCUT2D eigenvalue weighted by atomic mass is 19.1. The van der Waals surface area contributed by atoms with E-state index in [9.17, 15) is 19.3 Å². The summed E-state index contributed by atoms with van der Waals surface area (Å²) in [5, 5.41) is 11.3. The van der Waals surface area contributed by atoms with Gasteiger partial charge in [-0.3, -0.25) is 10.1 Å². The Kier molecular flexibility index (Phi) is 3.99. The summed E-state index contributed by atoms with van der Waals surface area (Å²) in [5.74, 6) is -0.971. The molecule has 0 fully saturated rings. The van der Waals surface area contributed by atoms with Crippen molar-refractivity contribution in [3.8, 4) is 5.75 Å². The molecule has 0 N–H and O–H groups in total. The molecule has 0 saturated heterocycles. The SMILES string of the molecule is Cc1ccc2c(COc3ccc([N+](=O)[O-])cc3F)cc(=O)oc2c1. The number of ether oxygens (including phenoxy) is 1. The lowest BCUT2D eigenvalue weighted by atomic mass is 10.1. The van der Waals surface area contributed by atoms with Crippen molar-refractivity contribution in [2.75, 3.05) is 0 Å². The van der Waals surface area contributed by atoms with Gasteiger partial charge in [-0.05, 0) is 24.6 Å². The normalized spacial score (nSPS) is 10.8. The van der Waals surface area contributed by atoms with E-state index < -0.39 is 16.4 Å². The Morgan fingerprint density at radius 1 is 1.21 bits per heavy atom. The molecule has 0 aliphatic carbocycles. The number of nitro benzene ring substituents is 1. The molecule has 0 amide bonds. The molecule has 7 heteroatoms. The van der Waals surface area contributed by atoms with Gasteiger partial charge in [-0.1, -0.05) is 12.1 Å². The first kappa shape index (κ1) is 15.7. The van der Waals surface area contributed by atoms with Gasteiger partial charge in [0.2, 0.25) is 0 Å². The number of rotatable bonds is 4. The van der Waals surface area contributed by atoms with Crippen LogP contribution in [-0.2, 0) is 6.61 Å². The molecule has 0 aliphatic rings. The van der Waals surface area contributed by atoms with Gasteiger partial charge >= 0.3 is 5.63 Å². The molecule has 1 aromatic heterocycles. The zero-order chi connectivity index (χ0) is 17.3. The lowest BCUT2D eigenvalue weighted by molar-refractivity contribution is -0.385. The van der Waals surface area contributed by atoms with Crippen molar-refractivity contribution in [3.63, 3.8) is 0 Å². The van der Waals surface area contributed by atoms with Crippen LogP contribution in [0.25, 0.3) is 11.0 Å². The van der Waals surface area contributed by atoms with E-state index in [1.807, 2.05) is 13.0 Å². The minimum atomic E-state index is -0.840. The molecule has 122 valence electrons. The number of halogens is 1. The van der Waals surface area contributed by atoms with Crippen LogP contribution in [0, 0.1) is 22.9 Å². The Balaban J connectivity index is 1.91. The van der Waals surface area contributed by atoms with Crippen LogP contribution in [0.3, 0.4) is 0 Å². The number of hydrogen-bond acceptors (Lipinski definition) is 5. The van der Waals surface area contributed by atoms with Gasteiger partial charge in [-0.25, -0.2) is 9.18 Å². The highest BCUT2D eigenvalue weighted by Gasteiger charge is 2.13. The third-order valence-corrected chi connectivity index (χ3v) is 3.50. The number of nitro groups is 1. The fourth-order valence-corrected chi connectivity index (χ4v) is 2.33. The second-order valence-electron chi connectivity index (χ2n) is 5.25. The first-order valence-electron chi connectivity index (χ1n) is 7.04. The van der Waals surface area contributed by atoms with Crippen LogP contribution in [-0.4, -0.2) is 4.92 Å². The average molecular weight is 329 g/mol. The van der Waals surface area contributed by atoms with Crippen molar-refractivity contribution >= 4 is 16.7 Å². The van der Waals surface area contributed by atoms with Crippen molar-refractivity contribution in [2.45, 2.75) is 13.5 Å². The second-order valence-corrected chi connectivity index (χ2v) is 5.25. The maximum absolute atomic E-state index is 13.8. The number of non-ortho nitro benzene ring substituents is 1. The lowest BCUT2D eigenvalue weighted by Gasteiger charge is -2.09. The molecule has 24 heavy (non-hydrogen) atoms. The Bertz CT molecular complexity index is 996. The Hall–Kier alpha value is -3.22. The van der Waals surface area contributed by atoms with E-state index in [1.165, 1.54) is 12.1 Å². The maximum Gasteiger partial charge on any atom is 0.336 e. The van der Waals surface area contributed by atoms with Gasteiger partial charge in [0.15, 0.2) is 11.6 Å². The molecule has 0 radical (unpaired) electrons. The van der Waals surface area contributed by atoms with Crippen molar-refractivity contribution in [3.05, 3.63) is 79.9 Å². The van der Waals surface area contributed by atoms with Crippen LogP contribution in [0.5, 0.6) is 5.75 Å². The Labute approximate surface area is 135 Å². The molecule has 2 aromatic carbocycles. The Morgan fingerprint density at radius 2 is 2.00 bits per heavy atom. The van der Waals surface area contributed by atoms with Crippen LogP contribution in [0.4, 0.5) is 10.1 Å². The van der Waals surface area contributed by atoms with Crippen molar-refractivity contribution in [1.29, 1.82) is 0 Å². The van der Waals surface area contributed by atoms with Crippen molar-refractivity contribution < 1.29 is 18.5 Å². The summed E-state index contributed by atoms with van der Waals surface area (Å²) in [5.41, 5.74) is 1.01. The molecule has 0 bridgehead atoms. The largest absolute Gasteiger partial charge is 0.486 e. The first-order chi connectivity index (χ1) is 11.4. The number of fused-ring (bicyclic) bond motifs is 1. The molecular formula is C17H12FNO5. The van der Waals surface area contributed by atoms with Crippen LogP contribution in [0.15, 0.2) is 51.7 Å². The van der Waals surface area contributed by atoms with E-state index in [0.29, 0.717) is 16.5 Å². The third-order valence-electron chi connectivity index (χ3n) is 3.50. The zero-order valence-corrected chi connectivity index (χ0v) is 12.6. The van der Waals surface area contributed by atoms with Gasteiger partial charge in [0, 0.05) is 23.1 Å². The number of benzene rings is 2. The van der Waals surface area contributed by atoms with Gasteiger partial charge in [0.05, 0.1) is 11.0 Å². The molecule has 0 atom stereocenters. The zero-order valence-electron chi connectivity index (χ0n) is 12.6. The molecule has 0 saturated carbocycles. The highest BCUT2D eigenvalue weighted by molar-refractivity contribution is 5.80. The van der Waals surface area contributed by atoms with Gasteiger partial charge < -0.3 is 9.15 Å². The predicted molar refractivity (Wildman–Crippen MR) is 84.6 cm³/mol. The van der Waals surface area contributed by atoms with Gasteiger partial charge in [-0.15, -0.1) is 0 Å². The van der Waals surface area contributed by atoms with Gasteiger partial charge in [0.25, 0.3) is 5.69 Å². The molecule has 0 spiro atoms. The number of nitrogens with zero attached hydrogens (tertiary/aromatic N) is 1. The minimum Gasteiger partial charge on any atom is -0.486 e. The van der Waals surface area contributed by atoms with Crippen LogP contribution in [0.1, 0.15) is 11.1 Å². The molecule has 6 nitrogen and oxygen atoms in total. The lowest BCUT2D eigenvalue weighted by Crippen LogP contribution is -2.05.